The van der Waals surface area contributed by atoms with Gasteiger partial charge in [0, 0.05) is 17.6 Å². The van der Waals surface area contributed by atoms with Crippen molar-refractivity contribution in [1.82, 2.24) is 9.88 Å². The van der Waals surface area contributed by atoms with Crippen LogP contribution in [0.25, 0.3) is 0 Å². The minimum absolute atomic E-state index is 0.324. The van der Waals surface area contributed by atoms with Gasteiger partial charge in [0.25, 0.3) is 0 Å². The summed E-state index contributed by atoms with van der Waals surface area (Å²) in [5, 5.41) is 1.25. The highest BCUT2D eigenvalue weighted by atomic mass is 32.1. The summed E-state index contributed by atoms with van der Waals surface area (Å²) in [4.78, 5) is 8.33. The van der Waals surface area contributed by atoms with E-state index in [1.807, 2.05) is 17.5 Å². The second-order valence-electron chi connectivity index (χ2n) is 5.05. The number of aryl methyl sites for hydroxylation is 1. The van der Waals surface area contributed by atoms with Gasteiger partial charge < -0.3 is 5.73 Å². The Morgan fingerprint density at radius 3 is 3.00 bits per heavy atom. The van der Waals surface area contributed by atoms with Crippen LogP contribution in [0.3, 0.4) is 0 Å². The topological polar surface area (TPSA) is 42.2 Å². The highest BCUT2D eigenvalue weighted by Gasteiger charge is 2.32. The number of hydrogen-bond acceptors (Lipinski definition) is 4. The molecule has 1 unspecified atom stereocenters. The predicted octanol–water partition coefficient (Wildman–Crippen LogP) is 1.88. The molecule has 1 aliphatic heterocycles. The van der Waals surface area contributed by atoms with Gasteiger partial charge in [0.2, 0.25) is 0 Å². The van der Waals surface area contributed by atoms with E-state index in [9.17, 15) is 0 Å². The molecule has 0 bridgehead atoms. The summed E-state index contributed by atoms with van der Waals surface area (Å²) in [6, 6.07) is 0. The molecule has 0 aliphatic carbocycles. The lowest BCUT2D eigenvalue weighted by atomic mass is 9.90. The van der Waals surface area contributed by atoms with E-state index in [-0.39, 0.29) is 0 Å². The summed E-state index contributed by atoms with van der Waals surface area (Å²) in [6.45, 7) is 8.53. The van der Waals surface area contributed by atoms with Gasteiger partial charge in [-0.05, 0) is 31.3 Å². The molecule has 1 aliphatic rings. The van der Waals surface area contributed by atoms with Gasteiger partial charge in [-0.2, -0.15) is 0 Å². The summed E-state index contributed by atoms with van der Waals surface area (Å²) in [5.41, 5.74) is 6.13. The van der Waals surface area contributed by atoms with E-state index in [2.05, 4.69) is 23.7 Å². The lowest BCUT2D eigenvalue weighted by Crippen LogP contribution is -2.31. The summed E-state index contributed by atoms with van der Waals surface area (Å²) in [6.07, 6.45) is 4.33. The zero-order chi connectivity index (χ0) is 11.6. The van der Waals surface area contributed by atoms with Gasteiger partial charge in [0.15, 0.2) is 0 Å². The summed E-state index contributed by atoms with van der Waals surface area (Å²) in [7, 11) is 0. The average molecular weight is 239 g/mol. The van der Waals surface area contributed by atoms with E-state index in [1.54, 1.807) is 0 Å². The van der Waals surface area contributed by atoms with Crippen LogP contribution >= 0.6 is 11.3 Å². The number of likely N-dealkylation sites (tertiary alicyclic amines) is 1. The highest BCUT2D eigenvalue weighted by molar-refractivity contribution is 7.11. The summed E-state index contributed by atoms with van der Waals surface area (Å²) >= 11 is 1.84. The molecule has 1 aromatic heterocycles. The normalized spacial score (nSPS) is 26.4. The van der Waals surface area contributed by atoms with Gasteiger partial charge in [0.05, 0.1) is 6.54 Å². The van der Waals surface area contributed by atoms with Crippen molar-refractivity contribution in [1.29, 1.82) is 0 Å². The fourth-order valence-electron chi connectivity index (χ4n) is 2.20. The van der Waals surface area contributed by atoms with Crippen molar-refractivity contribution in [2.45, 2.75) is 33.2 Å². The zero-order valence-electron chi connectivity index (χ0n) is 10.2. The predicted molar refractivity (Wildman–Crippen MR) is 68.5 cm³/mol. The molecular weight excluding hydrogens is 218 g/mol. The van der Waals surface area contributed by atoms with Gasteiger partial charge in [-0.3, -0.25) is 4.90 Å². The number of nitrogens with two attached hydrogens (primary N) is 1. The van der Waals surface area contributed by atoms with Crippen LogP contribution in [0.5, 0.6) is 0 Å². The van der Waals surface area contributed by atoms with Crippen LogP contribution in [-0.4, -0.2) is 29.5 Å². The maximum Gasteiger partial charge on any atom is 0.107 e. The van der Waals surface area contributed by atoms with E-state index in [4.69, 9.17) is 5.73 Å². The standard InChI is InChI=1S/C12H21N3S/c1-3-10-6-14-11(16-10)7-15-5-4-12(2,8-13)9-15/h6H,3-5,7-9,13H2,1-2H3. The summed E-state index contributed by atoms with van der Waals surface area (Å²) in [5.74, 6) is 0. The third-order valence-corrected chi connectivity index (χ3v) is 4.56. The second-order valence-corrected chi connectivity index (χ2v) is 6.25. The van der Waals surface area contributed by atoms with Crippen molar-refractivity contribution >= 4 is 11.3 Å². The lowest BCUT2D eigenvalue weighted by Gasteiger charge is -2.21. The molecule has 4 heteroatoms. The SMILES string of the molecule is CCc1cnc(CN2CCC(C)(CN)C2)s1. The second kappa shape index (κ2) is 4.82. The Labute approximate surface area is 102 Å². The fraction of sp³-hybridized carbons (Fsp3) is 0.750. The van der Waals surface area contributed by atoms with Crippen LogP contribution < -0.4 is 5.73 Å². The van der Waals surface area contributed by atoms with Crippen molar-refractivity contribution in [2.24, 2.45) is 11.1 Å². The molecule has 3 nitrogen and oxygen atoms in total. The van der Waals surface area contributed by atoms with Gasteiger partial charge in [-0.1, -0.05) is 13.8 Å². The first-order chi connectivity index (χ1) is 7.65. The Balaban J connectivity index is 1.91. The molecule has 0 spiro atoms. The maximum absolute atomic E-state index is 5.81. The molecule has 90 valence electrons. The molecule has 1 aromatic rings. The number of nitrogens with zero attached hydrogens (tertiary/aromatic N) is 2. The van der Waals surface area contributed by atoms with Crippen molar-refractivity contribution < 1.29 is 0 Å². The minimum Gasteiger partial charge on any atom is -0.330 e. The fourth-order valence-corrected chi connectivity index (χ4v) is 3.11. The number of thiazole rings is 1. The first-order valence-electron chi connectivity index (χ1n) is 6.01. The van der Waals surface area contributed by atoms with Crippen LogP contribution in [0, 0.1) is 5.41 Å². The Bertz CT molecular complexity index is 350. The van der Waals surface area contributed by atoms with Crippen LogP contribution in [0.1, 0.15) is 30.2 Å². The van der Waals surface area contributed by atoms with Crippen LogP contribution in [0.2, 0.25) is 0 Å². The molecule has 1 atom stereocenters. The molecular formula is C12H21N3S. The Morgan fingerprint density at radius 1 is 1.62 bits per heavy atom. The largest absolute Gasteiger partial charge is 0.330 e. The third kappa shape index (κ3) is 2.62. The molecule has 0 aromatic carbocycles. The van der Waals surface area contributed by atoms with Crippen LogP contribution in [0.15, 0.2) is 6.20 Å². The molecule has 2 rings (SSSR count). The monoisotopic (exact) mass is 239 g/mol. The van der Waals surface area contributed by atoms with Crippen LogP contribution in [0.4, 0.5) is 0 Å². The van der Waals surface area contributed by atoms with Gasteiger partial charge >= 0.3 is 0 Å². The van der Waals surface area contributed by atoms with E-state index in [0.29, 0.717) is 5.41 Å². The lowest BCUT2D eigenvalue weighted by molar-refractivity contribution is 0.274. The van der Waals surface area contributed by atoms with E-state index in [1.165, 1.54) is 16.3 Å². The van der Waals surface area contributed by atoms with Crippen molar-refractivity contribution in [3.63, 3.8) is 0 Å². The minimum atomic E-state index is 0.324. The number of aromatic nitrogens is 1. The molecule has 0 radical (unpaired) electrons. The van der Waals surface area contributed by atoms with Crippen molar-refractivity contribution in [2.75, 3.05) is 19.6 Å². The molecule has 0 saturated carbocycles. The Morgan fingerprint density at radius 2 is 2.44 bits per heavy atom. The van der Waals surface area contributed by atoms with Gasteiger partial charge in [0.1, 0.15) is 5.01 Å². The van der Waals surface area contributed by atoms with Crippen molar-refractivity contribution in [3.05, 3.63) is 16.1 Å². The smallest absolute Gasteiger partial charge is 0.107 e. The average Bonchev–Trinajstić information content (AvgIpc) is 2.87. The third-order valence-electron chi connectivity index (χ3n) is 3.44. The first-order valence-corrected chi connectivity index (χ1v) is 6.83. The quantitative estimate of drug-likeness (QED) is 0.872. The number of hydrogen-bond donors (Lipinski definition) is 1. The number of rotatable bonds is 4. The van der Waals surface area contributed by atoms with Gasteiger partial charge in [-0.25, -0.2) is 4.98 Å². The van der Waals surface area contributed by atoms with E-state index >= 15 is 0 Å². The van der Waals surface area contributed by atoms with Crippen molar-refractivity contribution in [3.8, 4) is 0 Å². The molecule has 2 heterocycles. The maximum atomic E-state index is 5.81. The summed E-state index contributed by atoms with van der Waals surface area (Å²) < 4.78 is 0. The molecule has 16 heavy (non-hydrogen) atoms. The molecule has 0 amide bonds. The van der Waals surface area contributed by atoms with Crippen LogP contribution in [-0.2, 0) is 13.0 Å². The molecule has 1 fully saturated rings. The van der Waals surface area contributed by atoms with E-state index < -0.39 is 0 Å². The first kappa shape index (κ1) is 12.0. The Hall–Kier alpha value is -0.450. The van der Waals surface area contributed by atoms with E-state index in [0.717, 1.165) is 32.6 Å². The van der Waals surface area contributed by atoms with Gasteiger partial charge in [-0.15, -0.1) is 11.3 Å². The molecule has 2 N–H and O–H groups in total. The molecule has 1 saturated heterocycles. The highest BCUT2D eigenvalue weighted by Crippen LogP contribution is 2.30. The Kier molecular flexibility index (Phi) is 3.62. The zero-order valence-corrected chi connectivity index (χ0v) is 11.0.